The van der Waals surface area contributed by atoms with Gasteiger partial charge in [0.15, 0.2) is 0 Å². The van der Waals surface area contributed by atoms with Gasteiger partial charge in [-0.25, -0.2) is 0 Å². The smallest absolute Gasteiger partial charge is 0.00491 e. The molecular formula is C12H23N. The maximum Gasteiger partial charge on any atom is 0.00491 e. The normalized spacial score (nSPS) is 49.6. The van der Waals surface area contributed by atoms with Crippen LogP contribution in [0.3, 0.4) is 0 Å². The Bertz CT molecular complexity index is 214. The topological polar surface area (TPSA) is 26.0 Å². The van der Waals surface area contributed by atoms with Gasteiger partial charge in [-0.3, -0.25) is 0 Å². The summed E-state index contributed by atoms with van der Waals surface area (Å²) >= 11 is 0. The zero-order valence-corrected chi connectivity index (χ0v) is 9.43. The molecule has 13 heavy (non-hydrogen) atoms. The third kappa shape index (κ3) is 1.09. The lowest BCUT2D eigenvalue weighted by Gasteiger charge is -2.45. The van der Waals surface area contributed by atoms with Gasteiger partial charge in [-0.05, 0) is 48.9 Å². The summed E-state index contributed by atoms with van der Waals surface area (Å²) in [7, 11) is 0. The zero-order chi connectivity index (χ0) is 9.85. The molecule has 4 unspecified atom stereocenters. The van der Waals surface area contributed by atoms with Gasteiger partial charge in [0.1, 0.15) is 0 Å². The maximum atomic E-state index is 6.15. The first-order chi connectivity index (χ1) is 5.88. The summed E-state index contributed by atoms with van der Waals surface area (Å²) in [4.78, 5) is 0. The van der Waals surface area contributed by atoms with Crippen molar-refractivity contribution in [2.75, 3.05) is 0 Å². The average molecular weight is 181 g/mol. The van der Waals surface area contributed by atoms with E-state index in [0.29, 0.717) is 16.9 Å². The fraction of sp³-hybridized carbons (Fsp3) is 1.00. The van der Waals surface area contributed by atoms with Crippen LogP contribution in [0.2, 0.25) is 0 Å². The van der Waals surface area contributed by atoms with E-state index in [2.05, 4.69) is 27.7 Å². The summed E-state index contributed by atoms with van der Waals surface area (Å²) < 4.78 is 0. The molecule has 0 saturated heterocycles. The molecule has 0 aliphatic heterocycles. The van der Waals surface area contributed by atoms with Gasteiger partial charge in [-0.15, -0.1) is 0 Å². The van der Waals surface area contributed by atoms with E-state index in [1.54, 1.807) is 0 Å². The van der Waals surface area contributed by atoms with Crippen LogP contribution < -0.4 is 5.73 Å². The lowest BCUT2D eigenvalue weighted by Crippen LogP contribution is -2.45. The Hall–Kier alpha value is -0.0400. The minimum Gasteiger partial charge on any atom is -0.328 e. The van der Waals surface area contributed by atoms with E-state index >= 15 is 0 Å². The second kappa shape index (κ2) is 2.50. The third-order valence-corrected chi connectivity index (χ3v) is 4.91. The summed E-state index contributed by atoms with van der Waals surface area (Å²) in [5.41, 5.74) is 7.19. The third-order valence-electron chi connectivity index (χ3n) is 4.91. The van der Waals surface area contributed by atoms with E-state index in [-0.39, 0.29) is 0 Å². The van der Waals surface area contributed by atoms with Crippen molar-refractivity contribution in [3.05, 3.63) is 0 Å². The molecule has 2 bridgehead atoms. The van der Waals surface area contributed by atoms with Crippen LogP contribution in [0.25, 0.3) is 0 Å². The Labute approximate surface area is 82.1 Å². The molecule has 2 aliphatic rings. The number of hydrogen-bond donors (Lipinski definition) is 1. The number of hydrogen-bond acceptors (Lipinski definition) is 1. The molecule has 2 rings (SSSR count). The van der Waals surface area contributed by atoms with Crippen LogP contribution >= 0.6 is 0 Å². The van der Waals surface area contributed by atoms with Crippen molar-refractivity contribution >= 4 is 0 Å². The van der Waals surface area contributed by atoms with Crippen molar-refractivity contribution in [2.24, 2.45) is 28.4 Å². The second-order valence-corrected chi connectivity index (χ2v) is 6.25. The molecule has 2 saturated carbocycles. The first-order valence-corrected chi connectivity index (χ1v) is 5.63. The first-order valence-electron chi connectivity index (χ1n) is 5.63. The van der Waals surface area contributed by atoms with Gasteiger partial charge < -0.3 is 5.73 Å². The molecule has 0 spiro atoms. The molecule has 1 heteroatoms. The van der Waals surface area contributed by atoms with Crippen molar-refractivity contribution in [3.63, 3.8) is 0 Å². The minimum absolute atomic E-state index is 0.366. The van der Waals surface area contributed by atoms with Crippen LogP contribution in [-0.4, -0.2) is 6.04 Å². The molecule has 4 atom stereocenters. The van der Waals surface area contributed by atoms with Crippen molar-refractivity contribution in [1.82, 2.24) is 0 Å². The highest BCUT2D eigenvalue weighted by atomic mass is 14.7. The molecule has 0 radical (unpaired) electrons. The number of rotatable bonds is 1. The highest BCUT2D eigenvalue weighted by Gasteiger charge is 2.59. The Morgan fingerprint density at radius 2 is 1.92 bits per heavy atom. The molecule has 2 N–H and O–H groups in total. The number of nitrogens with two attached hydrogens (primary N) is 1. The Kier molecular flexibility index (Phi) is 1.83. The SMILES string of the molecule is CC(N)C1C2(C)CCC(C2)C1(C)C. The molecule has 2 fully saturated rings. The maximum absolute atomic E-state index is 6.15. The van der Waals surface area contributed by atoms with E-state index in [0.717, 1.165) is 11.8 Å². The van der Waals surface area contributed by atoms with Gasteiger partial charge in [-0.2, -0.15) is 0 Å². The van der Waals surface area contributed by atoms with Gasteiger partial charge in [0.05, 0.1) is 0 Å². The molecule has 2 aliphatic carbocycles. The van der Waals surface area contributed by atoms with Crippen LogP contribution in [0.15, 0.2) is 0 Å². The molecule has 0 aromatic rings. The van der Waals surface area contributed by atoms with E-state index < -0.39 is 0 Å². The highest BCUT2D eigenvalue weighted by molar-refractivity contribution is 5.10. The second-order valence-electron chi connectivity index (χ2n) is 6.25. The fourth-order valence-electron chi connectivity index (χ4n) is 4.65. The van der Waals surface area contributed by atoms with E-state index in [1.807, 2.05) is 0 Å². The standard InChI is InChI=1S/C12H23N/c1-8(13)10-11(2,3)9-5-6-12(10,4)7-9/h8-10H,5-7,13H2,1-4H3. The molecule has 0 amide bonds. The van der Waals surface area contributed by atoms with Crippen LogP contribution in [0.4, 0.5) is 0 Å². The average Bonchev–Trinajstić information content (AvgIpc) is 2.36. The highest BCUT2D eigenvalue weighted by Crippen LogP contribution is 2.66. The molecular weight excluding hydrogens is 158 g/mol. The lowest BCUT2D eigenvalue weighted by atomic mass is 9.61. The van der Waals surface area contributed by atoms with Gasteiger partial charge in [0.25, 0.3) is 0 Å². The zero-order valence-electron chi connectivity index (χ0n) is 9.43. The van der Waals surface area contributed by atoms with Gasteiger partial charge in [0, 0.05) is 6.04 Å². The van der Waals surface area contributed by atoms with Crippen LogP contribution in [-0.2, 0) is 0 Å². The Morgan fingerprint density at radius 1 is 1.31 bits per heavy atom. The predicted octanol–water partition coefficient (Wildman–Crippen LogP) is 2.80. The molecule has 0 heterocycles. The van der Waals surface area contributed by atoms with E-state index in [4.69, 9.17) is 5.73 Å². The minimum atomic E-state index is 0.366. The largest absolute Gasteiger partial charge is 0.328 e. The predicted molar refractivity (Wildman–Crippen MR) is 56.4 cm³/mol. The van der Waals surface area contributed by atoms with Crippen LogP contribution in [0, 0.1) is 22.7 Å². The van der Waals surface area contributed by atoms with Crippen molar-refractivity contribution < 1.29 is 0 Å². The summed E-state index contributed by atoms with van der Waals surface area (Å²) in [6.45, 7) is 9.50. The monoisotopic (exact) mass is 181 g/mol. The van der Waals surface area contributed by atoms with Crippen molar-refractivity contribution in [3.8, 4) is 0 Å². The fourth-order valence-corrected chi connectivity index (χ4v) is 4.65. The Morgan fingerprint density at radius 3 is 2.23 bits per heavy atom. The summed E-state index contributed by atoms with van der Waals surface area (Å²) in [5.74, 6) is 1.67. The quantitative estimate of drug-likeness (QED) is 0.661. The van der Waals surface area contributed by atoms with Crippen molar-refractivity contribution in [2.45, 2.75) is 53.0 Å². The van der Waals surface area contributed by atoms with Crippen LogP contribution in [0.5, 0.6) is 0 Å². The summed E-state index contributed by atoms with van der Waals surface area (Å²) in [5, 5.41) is 0. The van der Waals surface area contributed by atoms with Gasteiger partial charge >= 0.3 is 0 Å². The molecule has 0 aromatic carbocycles. The number of fused-ring (bicyclic) bond motifs is 2. The van der Waals surface area contributed by atoms with E-state index in [1.165, 1.54) is 19.3 Å². The Balaban J connectivity index is 2.34. The molecule has 0 aromatic heterocycles. The first kappa shape index (κ1) is 9.51. The summed E-state index contributed by atoms with van der Waals surface area (Å²) in [6.07, 6.45) is 4.27. The molecule has 1 nitrogen and oxygen atoms in total. The summed E-state index contributed by atoms with van der Waals surface area (Å²) in [6, 6.07) is 0.366. The van der Waals surface area contributed by atoms with E-state index in [9.17, 15) is 0 Å². The lowest BCUT2D eigenvalue weighted by molar-refractivity contribution is 0.0573. The molecule has 76 valence electrons. The van der Waals surface area contributed by atoms with Gasteiger partial charge in [-0.1, -0.05) is 20.8 Å². The van der Waals surface area contributed by atoms with Gasteiger partial charge in [0.2, 0.25) is 0 Å². The van der Waals surface area contributed by atoms with Crippen molar-refractivity contribution in [1.29, 1.82) is 0 Å². The van der Waals surface area contributed by atoms with Crippen LogP contribution in [0.1, 0.15) is 47.0 Å².